The van der Waals surface area contributed by atoms with E-state index in [-0.39, 0.29) is 47.8 Å². The topological polar surface area (TPSA) is 20.3 Å². The van der Waals surface area contributed by atoms with E-state index >= 15 is 0 Å². The van der Waals surface area contributed by atoms with Gasteiger partial charge in [-0.2, -0.15) is 0 Å². The van der Waals surface area contributed by atoms with Crippen molar-refractivity contribution in [2.24, 2.45) is 0 Å². The van der Waals surface area contributed by atoms with E-state index in [2.05, 4.69) is 4.90 Å². The van der Waals surface area contributed by atoms with Gasteiger partial charge < -0.3 is 4.90 Å². The van der Waals surface area contributed by atoms with Crippen LogP contribution in [0.1, 0.15) is 47.4 Å². The number of piperidine rings is 1. The Kier molecular flexibility index (Phi) is 2.20. The van der Waals surface area contributed by atoms with E-state index in [1.54, 1.807) is 0 Å². The number of Topliss-reactive ketones (excluding diaryl/α,β-unsaturated/α-hetero) is 1. The number of hydrogen-bond donors (Lipinski definition) is 0. The molecular formula is C19H19NOS. The second kappa shape index (κ2) is 5.49. The number of ketones is 1. The first-order valence-corrected chi connectivity index (χ1v) is 8.17. The number of carbonyl (C=O) groups is 1. The molecule has 2 heterocycles. The van der Waals surface area contributed by atoms with Gasteiger partial charge in [-0.1, -0.05) is 29.7 Å². The molecule has 1 aliphatic heterocycles. The summed E-state index contributed by atoms with van der Waals surface area (Å²) in [7, 11) is 2.02. The highest BCUT2D eigenvalue weighted by molar-refractivity contribution is 7.12. The first kappa shape index (κ1) is 8.80. The quantitative estimate of drug-likeness (QED) is 0.732. The Labute approximate surface area is 143 Å². The van der Waals surface area contributed by atoms with Crippen LogP contribution in [-0.4, -0.2) is 30.8 Å². The van der Waals surface area contributed by atoms with Crippen molar-refractivity contribution in [1.82, 2.24) is 4.90 Å². The number of benzene rings is 1. The third kappa shape index (κ3) is 2.25. The standard InChI is InChI=1S/C19H19NOS/c1-20-9-6-13(7-10-20)18-15-5-3-2-4-14(15)12-17(21)19-16(18)8-11-22-19/h2-5,8,11H,6-7,9-10,12H2,1H3/i2D,3D,4D,5D,8D,11D. The summed E-state index contributed by atoms with van der Waals surface area (Å²) in [5, 5.41) is 0.00802. The summed E-state index contributed by atoms with van der Waals surface area (Å²) in [4.78, 5) is 15.4. The largest absolute Gasteiger partial charge is 0.306 e. The number of hydrogen-bond acceptors (Lipinski definition) is 3. The highest BCUT2D eigenvalue weighted by Gasteiger charge is 2.27. The third-order valence-electron chi connectivity index (χ3n) is 4.36. The van der Waals surface area contributed by atoms with Crippen molar-refractivity contribution < 1.29 is 13.0 Å². The normalized spacial score (nSPS) is 22.7. The maximum absolute atomic E-state index is 12.9. The molecule has 0 unspecified atom stereocenters. The highest BCUT2D eigenvalue weighted by atomic mass is 32.1. The van der Waals surface area contributed by atoms with E-state index < -0.39 is 0 Å². The van der Waals surface area contributed by atoms with E-state index in [4.69, 9.17) is 8.22 Å². The summed E-state index contributed by atoms with van der Waals surface area (Å²) in [6.45, 7) is 1.60. The Hall–Kier alpha value is -1.71. The molecule has 2 nitrogen and oxygen atoms in total. The van der Waals surface area contributed by atoms with E-state index in [0.717, 1.165) is 30.0 Å². The Morgan fingerprint density at radius 3 is 2.73 bits per heavy atom. The lowest BCUT2D eigenvalue weighted by Crippen LogP contribution is -2.27. The molecule has 2 aliphatic rings. The molecule has 4 rings (SSSR count). The van der Waals surface area contributed by atoms with Gasteiger partial charge in [-0.3, -0.25) is 4.79 Å². The fourth-order valence-electron chi connectivity index (χ4n) is 3.15. The molecule has 3 heteroatoms. The van der Waals surface area contributed by atoms with Gasteiger partial charge in [-0.15, -0.1) is 11.3 Å². The van der Waals surface area contributed by atoms with Crippen LogP contribution in [0.5, 0.6) is 0 Å². The van der Waals surface area contributed by atoms with Crippen LogP contribution < -0.4 is 0 Å². The second-order valence-corrected chi connectivity index (χ2v) is 6.59. The van der Waals surface area contributed by atoms with Crippen LogP contribution in [0, 0.1) is 0 Å². The minimum atomic E-state index is -0.346. The van der Waals surface area contributed by atoms with E-state index in [1.165, 1.54) is 0 Å². The van der Waals surface area contributed by atoms with Gasteiger partial charge in [-0.25, -0.2) is 0 Å². The first-order chi connectivity index (χ1) is 13.2. The van der Waals surface area contributed by atoms with Crippen LogP contribution in [0.25, 0.3) is 5.57 Å². The van der Waals surface area contributed by atoms with Gasteiger partial charge in [0, 0.05) is 25.1 Å². The summed E-state index contributed by atoms with van der Waals surface area (Å²) in [5.41, 5.74) is 2.58. The van der Waals surface area contributed by atoms with Crippen molar-refractivity contribution in [3.05, 3.63) is 62.7 Å². The molecule has 1 aromatic heterocycles. The second-order valence-electron chi connectivity index (χ2n) is 5.77. The molecule has 0 bridgehead atoms. The Morgan fingerprint density at radius 2 is 1.91 bits per heavy atom. The fourth-order valence-corrected chi connectivity index (χ4v) is 3.85. The number of rotatable bonds is 0. The molecule has 2 aromatic rings. The Balaban J connectivity index is 2.14. The van der Waals surface area contributed by atoms with Crippen molar-refractivity contribution in [3.63, 3.8) is 0 Å². The minimum Gasteiger partial charge on any atom is -0.306 e. The monoisotopic (exact) mass is 315 g/mol. The smallest absolute Gasteiger partial charge is 0.177 e. The number of fused-ring (bicyclic) bond motifs is 2. The Morgan fingerprint density at radius 1 is 1.14 bits per heavy atom. The van der Waals surface area contributed by atoms with Gasteiger partial charge in [0.25, 0.3) is 0 Å². The summed E-state index contributed by atoms with van der Waals surface area (Å²) < 4.78 is 49.5. The summed E-state index contributed by atoms with van der Waals surface area (Å²) in [6.07, 6.45) is 1.25. The molecule has 1 aliphatic carbocycles. The fraction of sp³-hybridized carbons (Fsp3) is 0.316. The molecular weight excluding hydrogens is 290 g/mol. The molecule has 1 saturated heterocycles. The average Bonchev–Trinajstić information content (AvgIpc) is 2.89. The molecule has 1 fully saturated rings. The van der Waals surface area contributed by atoms with Gasteiger partial charge in [0.2, 0.25) is 0 Å². The van der Waals surface area contributed by atoms with Crippen LogP contribution in [-0.2, 0) is 6.42 Å². The van der Waals surface area contributed by atoms with Crippen LogP contribution in [0.15, 0.2) is 41.1 Å². The first-order valence-electron chi connectivity index (χ1n) is 10.4. The van der Waals surface area contributed by atoms with Crippen LogP contribution >= 0.6 is 11.3 Å². The lowest BCUT2D eigenvalue weighted by Gasteiger charge is -2.27. The van der Waals surface area contributed by atoms with Crippen LogP contribution in [0.2, 0.25) is 0 Å². The third-order valence-corrected chi connectivity index (χ3v) is 5.20. The highest BCUT2D eigenvalue weighted by Crippen LogP contribution is 2.40. The zero-order chi connectivity index (χ0) is 20.3. The number of carbonyl (C=O) groups excluding carboxylic acids is 1. The van der Waals surface area contributed by atoms with Crippen LogP contribution in [0.3, 0.4) is 0 Å². The molecule has 1 aromatic carbocycles. The number of nitrogens with zero attached hydrogens (tertiary/aromatic N) is 1. The van der Waals surface area contributed by atoms with Crippen molar-refractivity contribution in [2.45, 2.75) is 19.3 Å². The number of thiophene rings is 1. The van der Waals surface area contributed by atoms with Gasteiger partial charge in [0.15, 0.2) is 5.78 Å². The number of likely N-dealkylation sites (tertiary alicyclic amines) is 1. The maximum atomic E-state index is 12.9. The summed E-state index contributed by atoms with van der Waals surface area (Å²) in [6, 6.07) is -1.08. The van der Waals surface area contributed by atoms with E-state index in [1.807, 2.05) is 7.05 Å². The van der Waals surface area contributed by atoms with Gasteiger partial charge in [-0.05, 0) is 48.0 Å². The molecule has 0 N–H and O–H groups in total. The average molecular weight is 315 g/mol. The summed E-state index contributed by atoms with van der Waals surface area (Å²) in [5.74, 6) is -0.290. The predicted octanol–water partition coefficient (Wildman–Crippen LogP) is 4.01. The maximum Gasteiger partial charge on any atom is 0.177 e. The zero-order valence-electron chi connectivity index (χ0n) is 18.3. The van der Waals surface area contributed by atoms with E-state index in [0.29, 0.717) is 40.0 Å². The molecule has 0 saturated carbocycles. The van der Waals surface area contributed by atoms with Crippen molar-refractivity contribution in [1.29, 1.82) is 0 Å². The summed E-state index contributed by atoms with van der Waals surface area (Å²) >= 11 is 0.966. The molecule has 0 atom stereocenters. The van der Waals surface area contributed by atoms with Crippen molar-refractivity contribution >= 4 is 22.7 Å². The molecule has 112 valence electrons. The molecule has 0 radical (unpaired) electrons. The molecule has 0 amide bonds. The van der Waals surface area contributed by atoms with Crippen molar-refractivity contribution in [3.8, 4) is 0 Å². The van der Waals surface area contributed by atoms with E-state index in [9.17, 15) is 4.79 Å². The van der Waals surface area contributed by atoms with Crippen LogP contribution in [0.4, 0.5) is 0 Å². The lowest BCUT2D eigenvalue weighted by atomic mass is 9.88. The Bertz CT molecular complexity index is 1050. The zero-order valence-corrected chi connectivity index (χ0v) is 13.1. The predicted molar refractivity (Wildman–Crippen MR) is 91.5 cm³/mol. The molecule has 0 spiro atoms. The SMILES string of the molecule is [2H]c1sc2c(c1[2H])C(=C1CCN(C)CC1)c1c([2H])c([2H])c([2H])c([2H])c1CC2=O. The van der Waals surface area contributed by atoms with Crippen molar-refractivity contribution in [2.75, 3.05) is 20.1 Å². The molecule has 22 heavy (non-hydrogen) atoms. The minimum absolute atomic E-state index is 0.00802. The van der Waals surface area contributed by atoms with Gasteiger partial charge >= 0.3 is 0 Å². The van der Waals surface area contributed by atoms with Gasteiger partial charge in [0.05, 0.1) is 13.1 Å². The van der Waals surface area contributed by atoms with Gasteiger partial charge in [0.1, 0.15) is 0 Å². The lowest BCUT2D eigenvalue weighted by molar-refractivity contribution is 0.0997.